The maximum Gasteiger partial charge on any atom is 0.200 e. The molecule has 1 N–H and O–H groups in total. The lowest BCUT2D eigenvalue weighted by molar-refractivity contribution is -0.334. The predicted octanol–water partition coefficient (Wildman–Crippen LogP) is 6.54. The average molecular weight is 443 g/mol. The van der Waals surface area contributed by atoms with E-state index in [2.05, 4.69) is 68.4 Å². The van der Waals surface area contributed by atoms with Gasteiger partial charge >= 0.3 is 0 Å². The van der Waals surface area contributed by atoms with Crippen LogP contribution in [0.4, 0.5) is 0 Å². The van der Waals surface area contributed by atoms with Gasteiger partial charge in [-0.3, -0.25) is 0 Å². The number of aliphatic hydroxyl groups excluding tert-OH is 1. The van der Waals surface area contributed by atoms with Gasteiger partial charge in [-0.15, -0.1) is 0 Å². The molecule has 0 aromatic carbocycles. The van der Waals surface area contributed by atoms with Crippen molar-refractivity contribution in [3.05, 3.63) is 12.2 Å². The van der Waals surface area contributed by atoms with Crippen LogP contribution in [0.25, 0.3) is 0 Å². The zero-order valence-corrected chi connectivity index (χ0v) is 22.7. The molecule has 0 unspecified atom stereocenters. The molecular weight excluding hydrogens is 392 g/mol. The van der Waals surface area contributed by atoms with E-state index in [9.17, 15) is 5.11 Å². The van der Waals surface area contributed by atoms with Crippen molar-refractivity contribution in [1.82, 2.24) is 0 Å². The van der Waals surface area contributed by atoms with Gasteiger partial charge in [0.1, 0.15) is 0 Å². The highest BCUT2D eigenvalue weighted by Crippen LogP contribution is 2.44. The van der Waals surface area contributed by atoms with Gasteiger partial charge in [0.05, 0.1) is 24.9 Å². The van der Waals surface area contributed by atoms with Crippen LogP contribution in [0.5, 0.6) is 0 Å². The number of allylic oxidation sites excluding steroid dienone is 1. The standard InChI is InChI=1S/C25H50O4Si/c1-13-14-19(8)23(26)21(10)24-20(9)22(28-25(11,12)29-24)15-27-30(16(2)3,17(4)5)18(6)7/h13-14,16-24,26H,15H2,1-12H3/b14-13-/t19-,20+,21-,22+,23-,24+/m0/s1. The van der Waals surface area contributed by atoms with Crippen LogP contribution in [-0.4, -0.2) is 44.1 Å². The molecule has 30 heavy (non-hydrogen) atoms. The molecule has 178 valence electrons. The Hall–Kier alpha value is -0.203. The Labute approximate surface area is 187 Å². The second kappa shape index (κ2) is 11.1. The van der Waals surface area contributed by atoms with Crippen LogP contribution in [0, 0.1) is 17.8 Å². The summed E-state index contributed by atoms with van der Waals surface area (Å²) in [5.74, 6) is -0.469. The summed E-state index contributed by atoms with van der Waals surface area (Å²) in [6.45, 7) is 26.8. The van der Waals surface area contributed by atoms with E-state index in [4.69, 9.17) is 13.9 Å². The Morgan fingerprint density at radius 1 is 0.967 bits per heavy atom. The first-order valence-electron chi connectivity index (χ1n) is 12.0. The molecule has 0 aromatic heterocycles. The van der Waals surface area contributed by atoms with Gasteiger partial charge in [-0.1, -0.05) is 74.5 Å². The zero-order valence-electron chi connectivity index (χ0n) is 21.7. The summed E-state index contributed by atoms with van der Waals surface area (Å²) in [4.78, 5) is 0. The normalized spacial score (nSPS) is 28.5. The smallest absolute Gasteiger partial charge is 0.200 e. The molecule has 5 heteroatoms. The molecule has 0 spiro atoms. The molecule has 1 heterocycles. The SMILES string of the molecule is C/C=C\[C@H](C)[C@H](O)[C@H](C)[C@@H]1OC(C)(C)O[C@H](CO[Si](C(C)C)(C(C)C)C(C)C)[C@H]1C. The van der Waals surface area contributed by atoms with Gasteiger partial charge in [-0.05, 0) is 37.4 Å². The molecule has 1 rings (SSSR count). The van der Waals surface area contributed by atoms with Crippen LogP contribution >= 0.6 is 0 Å². The molecule has 6 atom stereocenters. The monoisotopic (exact) mass is 442 g/mol. The van der Waals surface area contributed by atoms with Crippen molar-refractivity contribution in [3.8, 4) is 0 Å². The van der Waals surface area contributed by atoms with E-state index < -0.39 is 20.2 Å². The Kier molecular flexibility index (Phi) is 10.3. The highest BCUT2D eigenvalue weighted by molar-refractivity contribution is 6.77. The van der Waals surface area contributed by atoms with E-state index in [-0.39, 0.29) is 30.0 Å². The van der Waals surface area contributed by atoms with E-state index >= 15 is 0 Å². The van der Waals surface area contributed by atoms with E-state index in [0.717, 1.165) is 0 Å². The zero-order chi connectivity index (χ0) is 23.4. The summed E-state index contributed by atoms with van der Waals surface area (Å²) < 4.78 is 19.6. The van der Waals surface area contributed by atoms with E-state index in [1.807, 2.05) is 26.8 Å². The third-order valence-electron chi connectivity index (χ3n) is 7.26. The van der Waals surface area contributed by atoms with Crippen molar-refractivity contribution in [2.24, 2.45) is 17.8 Å². The number of aliphatic hydroxyl groups is 1. The fourth-order valence-electron chi connectivity index (χ4n) is 5.74. The van der Waals surface area contributed by atoms with Crippen molar-refractivity contribution < 1.29 is 19.0 Å². The molecule has 1 aliphatic rings. The first-order chi connectivity index (χ1) is 13.7. The van der Waals surface area contributed by atoms with Crippen molar-refractivity contribution in [1.29, 1.82) is 0 Å². The van der Waals surface area contributed by atoms with E-state index in [0.29, 0.717) is 23.2 Å². The minimum Gasteiger partial charge on any atom is -0.413 e. The third-order valence-corrected chi connectivity index (χ3v) is 13.3. The number of hydrogen-bond acceptors (Lipinski definition) is 4. The summed E-state index contributed by atoms with van der Waals surface area (Å²) in [6.07, 6.45) is 3.47. The van der Waals surface area contributed by atoms with Crippen molar-refractivity contribution in [2.45, 2.75) is 124 Å². The first kappa shape index (κ1) is 27.8. The van der Waals surface area contributed by atoms with E-state index in [1.54, 1.807) is 0 Å². The van der Waals surface area contributed by atoms with Crippen molar-refractivity contribution in [2.75, 3.05) is 6.61 Å². The van der Waals surface area contributed by atoms with Crippen LogP contribution in [0.2, 0.25) is 16.6 Å². The van der Waals surface area contributed by atoms with Gasteiger partial charge in [-0.2, -0.15) is 0 Å². The lowest BCUT2D eigenvalue weighted by Gasteiger charge is -2.49. The highest BCUT2D eigenvalue weighted by atomic mass is 28.4. The molecule has 0 aliphatic carbocycles. The van der Waals surface area contributed by atoms with Crippen LogP contribution < -0.4 is 0 Å². The summed E-state index contributed by atoms with van der Waals surface area (Å²) in [5, 5.41) is 10.9. The molecule has 0 radical (unpaired) electrons. The van der Waals surface area contributed by atoms with Gasteiger partial charge < -0.3 is 19.0 Å². The van der Waals surface area contributed by atoms with Crippen LogP contribution in [-0.2, 0) is 13.9 Å². The number of ether oxygens (including phenoxy) is 2. The van der Waals surface area contributed by atoms with Crippen LogP contribution in [0.3, 0.4) is 0 Å². The van der Waals surface area contributed by atoms with E-state index in [1.165, 1.54) is 0 Å². The van der Waals surface area contributed by atoms with Gasteiger partial charge in [0.15, 0.2) is 14.1 Å². The summed E-state index contributed by atoms with van der Waals surface area (Å²) in [7, 11) is -1.97. The molecular formula is C25H50O4Si. The fraction of sp³-hybridized carbons (Fsp3) is 0.920. The first-order valence-corrected chi connectivity index (χ1v) is 14.2. The molecule has 0 aromatic rings. The van der Waals surface area contributed by atoms with Crippen LogP contribution in [0.15, 0.2) is 12.2 Å². The molecule has 1 saturated heterocycles. The fourth-order valence-corrected chi connectivity index (χ4v) is 11.2. The Morgan fingerprint density at radius 2 is 1.47 bits per heavy atom. The predicted molar refractivity (Wildman–Crippen MR) is 129 cm³/mol. The topological polar surface area (TPSA) is 47.9 Å². The molecule has 0 amide bonds. The van der Waals surface area contributed by atoms with Gasteiger partial charge in [0, 0.05) is 17.8 Å². The summed E-state index contributed by atoms with van der Waals surface area (Å²) in [6, 6.07) is 0. The van der Waals surface area contributed by atoms with Gasteiger partial charge in [0.2, 0.25) is 0 Å². The molecule has 0 saturated carbocycles. The van der Waals surface area contributed by atoms with Crippen molar-refractivity contribution in [3.63, 3.8) is 0 Å². The third kappa shape index (κ3) is 6.19. The largest absolute Gasteiger partial charge is 0.413 e. The lowest BCUT2D eigenvalue weighted by atomic mass is 9.81. The Bertz CT molecular complexity index is 521. The minimum absolute atomic E-state index is 0.000765. The number of hydrogen-bond donors (Lipinski definition) is 1. The molecule has 1 fully saturated rings. The second-order valence-corrected chi connectivity index (χ2v) is 16.3. The number of rotatable bonds is 10. The Balaban J connectivity index is 3.07. The molecule has 4 nitrogen and oxygen atoms in total. The minimum atomic E-state index is -1.97. The average Bonchev–Trinajstić information content (AvgIpc) is 2.62. The maximum atomic E-state index is 10.9. The van der Waals surface area contributed by atoms with Crippen molar-refractivity contribution >= 4 is 8.32 Å². The maximum absolute atomic E-state index is 10.9. The van der Waals surface area contributed by atoms with Gasteiger partial charge in [-0.25, -0.2) is 0 Å². The quantitative estimate of drug-likeness (QED) is 0.308. The second-order valence-electron chi connectivity index (χ2n) is 10.9. The highest BCUT2D eigenvalue weighted by Gasteiger charge is 2.49. The molecule has 1 aliphatic heterocycles. The van der Waals surface area contributed by atoms with Crippen LogP contribution in [0.1, 0.15) is 83.1 Å². The summed E-state index contributed by atoms with van der Waals surface area (Å²) in [5.41, 5.74) is 1.62. The summed E-state index contributed by atoms with van der Waals surface area (Å²) >= 11 is 0. The molecule has 0 bridgehead atoms. The lowest BCUT2D eigenvalue weighted by Crippen LogP contribution is -2.57. The van der Waals surface area contributed by atoms with Gasteiger partial charge in [0.25, 0.3) is 0 Å². The Morgan fingerprint density at radius 3 is 1.90 bits per heavy atom.